The first-order valence-electron chi connectivity index (χ1n) is 7.01. The quantitative estimate of drug-likeness (QED) is 0.847. The zero-order chi connectivity index (χ0) is 15.0. The maximum atomic E-state index is 13.7. The van der Waals surface area contributed by atoms with Gasteiger partial charge < -0.3 is 9.88 Å². The second-order valence-electron chi connectivity index (χ2n) is 5.43. The van der Waals surface area contributed by atoms with E-state index in [1.54, 1.807) is 0 Å². The number of nitrogens with zero attached hydrogens (tertiary/aromatic N) is 2. The van der Waals surface area contributed by atoms with Crippen molar-refractivity contribution < 1.29 is 13.2 Å². The molecule has 3 rings (SSSR count). The van der Waals surface area contributed by atoms with Crippen LogP contribution in [-0.4, -0.2) is 9.55 Å². The molecule has 2 aromatic rings. The first-order chi connectivity index (χ1) is 10.0. The van der Waals surface area contributed by atoms with E-state index in [0.717, 1.165) is 37.4 Å². The Hall–Kier alpha value is -1.98. The molecule has 3 nitrogen and oxygen atoms in total. The molecule has 1 fully saturated rings. The third kappa shape index (κ3) is 2.75. The largest absolute Gasteiger partial charge is 0.323 e. The zero-order valence-corrected chi connectivity index (χ0v) is 11.7. The summed E-state index contributed by atoms with van der Waals surface area (Å²) in [6.45, 7) is 1.83. The predicted octanol–water partition coefficient (Wildman–Crippen LogP) is 4.47. The molecule has 0 unspecified atom stereocenters. The minimum absolute atomic E-state index is 0.239. The number of aryl methyl sites for hydroxylation is 1. The summed E-state index contributed by atoms with van der Waals surface area (Å²) < 4.78 is 42.2. The van der Waals surface area contributed by atoms with Gasteiger partial charge in [0.15, 0.2) is 11.6 Å². The second-order valence-corrected chi connectivity index (χ2v) is 5.43. The number of anilines is 2. The lowest BCUT2D eigenvalue weighted by molar-refractivity contribution is 0.497. The maximum Gasteiger partial charge on any atom is 0.207 e. The van der Waals surface area contributed by atoms with Gasteiger partial charge in [-0.2, -0.15) is 0 Å². The van der Waals surface area contributed by atoms with Gasteiger partial charge in [-0.25, -0.2) is 18.2 Å². The van der Waals surface area contributed by atoms with Gasteiger partial charge in [-0.1, -0.05) is 12.8 Å². The van der Waals surface area contributed by atoms with Crippen LogP contribution in [-0.2, 0) is 0 Å². The van der Waals surface area contributed by atoms with Crippen molar-refractivity contribution in [1.29, 1.82) is 0 Å². The number of hydrogen-bond acceptors (Lipinski definition) is 2. The van der Waals surface area contributed by atoms with Crippen LogP contribution >= 0.6 is 0 Å². The van der Waals surface area contributed by atoms with Crippen molar-refractivity contribution in [3.05, 3.63) is 41.5 Å². The smallest absolute Gasteiger partial charge is 0.207 e. The number of halogens is 3. The van der Waals surface area contributed by atoms with E-state index in [-0.39, 0.29) is 5.69 Å². The normalized spacial score (nSPS) is 15.6. The molecule has 0 saturated heterocycles. The lowest BCUT2D eigenvalue weighted by atomic mass is 10.2. The summed E-state index contributed by atoms with van der Waals surface area (Å²) in [7, 11) is 0. The Balaban J connectivity index is 1.95. The summed E-state index contributed by atoms with van der Waals surface area (Å²) in [5, 5.41) is 2.72. The molecular formula is C15H16F3N3. The molecule has 0 atom stereocenters. The van der Waals surface area contributed by atoms with Gasteiger partial charge >= 0.3 is 0 Å². The van der Waals surface area contributed by atoms with Crippen molar-refractivity contribution in [2.75, 3.05) is 5.32 Å². The van der Waals surface area contributed by atoms with Crippen LogP contribution in [0.1, 0.15) is 37.4 Å². The Bertz CT molecular complexity index is 660. The number of aromatic nitrogens is 2. The fourth-order valence-corrected chi connectivity index (χ4v) is 2.84. The van der Waals surface area contributed by atoms with Crippen LogP contribution in [0.4, 0.5) is 24.8 Å². The molecule has 21 heavy (non-hydrogen) atoms. The van der Waals surface area contributed by atoms with Gasteiger partial charge in [0.05, 0.1) is 11.4 Å². The van der Waals surface area contributed by atoms with Crippen LogP contribution in [0, 0.1) is 24.4 Å². The molecule has 1 aromatic carbocycles. The summed E-state index contributed by atoms with van der Waals surface area (Å²) in [6, 6.07) is 1.76. The molecule has 0 radical (unpaired) electrons. The zero-order valence-electron chi connectivity index (χ0n) is 11.7. The first-order valence-corrected chi connectivity index (χ1v) is 7.01. The van der Waals surface area contributed by atoms with Crippen molar-refractivity contribution >= 4 is 11.6 Å². The number of hydrogen-bond donors (Lipinski definition) is 1. The van der Waals surface area contributed by atoms with Gasteiger partial charge in [-0.3, -0.25) is 0 Å². The highest BCUT2D eigenvalue weighted by molar-refractivity contribution is 5.55. The fourth-order valence-electron chi connectivity index (χ4n) is 2.84. The summed E-state index contributed by atoms with van der Waals surface area (Å²) in [5.41, 5.74) is 0.541. The highest BCUT2D eigenvalue weighted by Crippen LogP contribution is 2.33. The van der Waals surface area contributed by atoms with Crippen LogP contribution in [0.2, 0.25) is 0 Å². The molecule has 1 aliphatic carbocycles. The van der Waals surface area contributed by atoms with Crippen molar-refractivity contribution in [1.82, 2.24) is 9.55 Å². The van der Waals surface area contributed by atoms with Crippen molar-refractivity contribution in [3.63, 3.8) is 0 Å². The predicted molar refractivity (Wildman–Crippen MR) is 74.1 cm³/mol. The van der Waals surface area contributed by atoms with E-state index in [1.165, 1.54) is 0 Å². The minimum atomic E-state index is -1.21. The molecule has 0 amide bonds. The van der Waals surface area contributed by atoms with Crippen molar-refractivity contribution in [2.45, 2.75) is 38.6 Å². The Morgan fingerprint density at radius 2 is 1.90 bits per heavy atom. The van der Waals surface area contributed by atoms with Crippen LogP contribution < -0.4 is 5.32 Å². The Morgan fingerprint density at radius 3 is 2.62 bits per heavy atom. The van der Waals surface area contributed by atoms with Gasteiger partial charge in [0.25, 0.3) is 0 Å². The first kappa shape index (κ1) is 14.0. The molecule has 0 spiro atoms. The van der Waals surface area contributed by atoms with Gasteiger partial charge in [0, 0.05) is 24.4 Å². The van der Waals surface area contributed by atoms with E-state index in [4.69, 9.17) is 0 Å². The van der Waals surface area contributed by atoms with Crippen molar-refractivity contribution in [3.8, 4) is 0 Å². The van der Waals surface area contributed by atoms with Gasteiger partial charge in [-0.15, -0.1) is 0 Å². The highest BCUT2D eigenvalue weighted by Gasteiger charge is 2.21. The van der Waals surface area contributed by atoms with E-state index >= 15 is 0 Å². The minimum Gasteiger partial charge on any atom is -0.323 e. The van der Waals surface area contributed by atoms with Crippen LogP contribution in [0.15, 0.2) is 18.3 Å². The average Bonchev–Trinajstić information content (AvgIpc) is 3.04. The van der Waals surface area contributed by atoms with Crippen LogP contribution in [0.3, 0.4) is 0 Å². The Kier molecular flexibility index (Phi) is 3.61. The SMILES string of the molecule is Cc1cn(C2CCCC2)c(Nc2cc(F)cc(F)c2F)n1. The summed E-state index contributed by atoms with van der Waals surface area (Å²) in [5.74, 6) is -2.72. The summed E-state index contributed by atoms with van der Waals surface area (Å²) in [6.07, 6.45) is 6.23. The maximum absolute atomic E-state index is 13.7. The van der Waals surface area contributed by atoms with E-state index in [9.17, 15) is 13.2 Å². The van der Waals surface area contributed by atoms with E-state index in [1.807, 2.05) is 17.7 Å². The molecule has 1 heterocycles. The van der Waals surface area contributed by atoms with Gasteiger partial charge in [-0.05, 0) is 19.8 Å². The van der Waals surface area contributed by atoms with E-state index in [2.05, 4.69) is 10.3 Å². The number of benzene rings is 1. The molecule has 1 N–H and O–H groups in total. The van der Waals surface area contributed by atoms with Crippen LogP contribution in [0.5, 0.6) is 0 Å². The molecule has 6 heteroatoms. The van der Waals surface area contributed by atoms with Crippen LogP contribution in [0.25, 0.3) is 0 Å². The molecule has 0 aliphatic heterocycles. The van der Waals surface area contributed by atoms with Crippen molar-refractivity contribution in [2.24, 2.45) is 0 Å². The number of nitrogens with one attached hydrogen (secondary N) is 1. The Morgan fingerprint density at radius 1 is 1.19 bits per heavy atom. The molecule has 1 saturated carbocycles. The molecule has 112 valence electrons. The molecule has 1 aromatic heterocycles. The number of imidazole rings is 1. The van der Waals surface area contributed by atoms with E-state index in [0.29, 0.717) is 18.1 Å². The molecular weight excluding hydrogens is 279 g/mol. The molecule has 0 bridgehead atoms. The summed E-state index contributed by atoms with van der Waals surface area (Å²) in [4.78, 5) is 4.29. The van der Waals surface area contributed by atoms with E-state index < -0.39 is 17.5 Å². The fraction of sp³-hybridized carbons (Fsp3) is 0.400. The monoisotopic (exact) mass is 295 g/mol. The van der Waals surface area contributed by atoms with Gasteiger partial charge in [0.2, 0.25) is 5.95 Å². The third-order valence-electron chi connectivity index (χ3n) is 3.81. The third-order valence-corrected chi connectivity index (χ3v) is 3.81. The number of rotatable bonds is 3. The standard InChI is InChI=1S/C15H16F3N3/c1-9-8-21(11-4-2-3-5-11)15(19-9)20-13-7-10(16)6-12(17)14(13)18/h6-8,11H,2-5H2,1H3,(H,19,20). The lowest BCUT2D eigenvalue weighted by Crippen LogP contribution is -2.09. The second kappa shape index (κ2) is 5.42. The topological polar surface area (TPSA) is 29.9 Å². The Labute approximate surface area is 120 Å². The highest BCUT2D eigenvalue weighted by atomic mass is 19.2. The average molecular weight is 295 g/mol. The van der Waals surface area contributed by atoms with Gasteiger partial charge in [0.1, 0.15) is 5.82 Å². The summed E-state index contributed by atoms with van der Waals surface area (Å²) >= 11 is 0. The molecule has 1 aliphatic rings. The lowest BCUT2D eigenvalue weighted by Gasteiger charge is -2.16.